The lowest BCUT2D eigenvalue weighted by Crippen LogP contribution is -2.45. The second kappa shape index (κ2) is 58.0. The van der Waals surface area contributed by atoms with Crippen LogP contribution >= 0.6 is 70.4 Å². The van der Waals surface area contributed by atoms with Crippen molar-refractivity contribution in [2.24, 2.45) is 0 Å². The van der Waals surface area contributed by atoms with Crippen molar-refractivity contribution in [3.05, 3.63) is 299 Å². The van der Waals surface area contributed by atoms with Gasteiger partial charge < -0.3 is 59.1 Å². The minimum Gasteiger partial charge on any atom is -0.508 e. The van der Waals surface area contributed by atoms with Crippen molar-refractivity contribution in [2.75, 3.05) is 123 Å². The average Bonchev–Trinajstić information content (AvgIpc) is 0.846. The van der Waals surface area contributed by atoms with E-state index in [1.165, 1.54) is 42.6 Å². The van der Waals surface area contributed by atoms with Gasteiger partial charge in [-0.15, -0.1) is 58.8 Å². The van der Waals surface area contributed by atoms with E-state index in [0.29, 0.717) is 75.4 Å². The van der Waals surface area contributed by atoms with Gasteiger partial charge in [-0.1, -0.05) is 115 Å². The molecule has 11 aromatic rings. The number of halogens is 3. The van der Waals surface area contributed by atoms with E-state index in [-0.39, 0.29) is 58.6 Å². The molecular formula is C101H118ClF2N9O11S5. The number of piperazine rings is 1. The average molecular weight is 1870 g/mol. The number of nitrogens with one attached hydrogen (secondary N) is 1. The fraction of sp³-hybridized carbons (Fsp3) is 0.327. The van der Waals surface area contributed by atoms with Crippen LogP contribution in [0.15, 0.2) is 273 Å². The number of amides is 5. The van der Waals surface area contributed by atoms with E-state index in [1.807, 2.05) is 152 Å². The van der Waals surface area contributed by atoms with Crippen molar-refractivity contribution in [2.45, 2.75) is 121 Å². The third-order valence-corrected chi connectivity index (χ3v) is 26.1. The molecular weight excluding hydrogens is 1750 g/mol. The van der Waals surface area contributed by atoms with E-state index in [0.717, 1.165) is 163 Å². The van der Waals surface area contributed by atoms with Gasteiger partial charge in [0.05, 0.1) is 44.1 Å². The van der Waals surface area contributed by atoms with Gasteiger partial charge in [-0.2, -0.15) is 0 Å². The summed E-state index contributed by atoms with van der Waals surface area (Å²) in [7, 11) is 14.1. The number of carbonyl (C=O) groups excluding carboxylic acids is 6. The number of esters is 1. The first kappa shape index (κ1) is 104. The maximum Gasteiger partial charge on any atom is 0.337 e. The number of methoxy groups -OCH3 is 3. The van der Waals surface area contributed by atoms with Crippen molar-refractivity contribution in [3.8, 4) is 23.0 Å². The summed E-state index contributed by atoms with van der Waals surface area (Å²) in [5.41, 5.74) is 8.59. The zero-order valence-corrected chi connectivity index (χ0v) is 79.5. The monoisotopic (exact) mass is 1870 g/mol. The Morgan fingerprint density at radius 3 is 1.32 bits per heavy atom. The highest BCUT2D eigenvalue weighted by Crippen LogP contribution is 2.30. The minimum atomic E-state index is -0.337. The highest BCUT2D eigenvalue weighted by molar-refractivity contribution is 8.00. The molecule has 10 aromatic carbocycles. The largest absolute Gasteiger partial charge is 0.508 e. The number of ether oxygens (including phenoxy) is 3. The normalized spacial score (nSPS) is 11.5. The summed E-state index contributed by atoms with van der Waals surface area (Å²) in [4.78, 5) is 97.5. The van der Waals surface area contributed by atoms with Gasteiger partial charge in [-0.05, 0) is 225 Å². The van der Waals surface area contributed by atoms with Crippen molar-refractivity contribution in [1.29, 1.82) is 0 Å². The number of hydrogen-bond acceptors (Lipinski definition) is 20. The summed E-state index contributed by atoms with van der Waals surface area (Å²) in [6, 6.07) is 73.7. The summed E-state index contributed by atoms with van der Waals surface area (Å²) >= 11 is 14.4. The number of hydrogen-bond donors (Lipinski definition) is 3. The van der Waals surface area contributed by atoms with E-state index in [2.05, 4.69) is 61.1 Å². The molecule has 12 rings (SSSR count). The Bertz CT molecular complexity index is 5130. The molecule has 0 spiro atoms. The van der Waals surface area contributed by atoms with Gasteiger partial charge in [0.15, 0.2) is 0 Å². The summed E-state index contributed by atoms with van der Waals surface area (Å²) < 4.78 is 40.9. The number of anilines is 1. The molecule has 0 aliphatic carbocycles. The first-order valence-electron chi connectivity index (χ1n) is 42.8. The molecule has 2 heterocycles. The number of benzene rings is 10. The minimum absolute atomic E-state index is 0.0490. The van der Waals surface area contributed by atoms with Gasteiger partial charge in [0.2, 0.25) is 29.5 Å². The lowest BCUT2D eigenvalue weighted by Gasteiger charge is -2.35. The molecule has 0 atom stereocenters. The van der Waals surface area contributed by atoms with Crippen molar-refractivity contribution in [3.63, 3.8) is 0 Å². The fourth-order valence-corrected chi connectivity index (χ4v) is 17.5. The maximum absolute atomic E-state index is 12.8. The quantitative estimate of drug-likeness (QED) is 0.0184. The topological polar surface area (TPSA) is 228 Å². The van der Waals surface area contributed by atoms with Crippen LogP contribution in [-0.4, -0.2) is 198 Å². The van der Waals surface area contributed by atoms with Crippen LogP contribution in [-0.2, 0) is 61.3 Å². The Kier molecular flexibility index (Phi) is 46.6. The number of aromatic hydroxyl groups is 2. The molecule has 684 valence electrons. The van der Waals surface area contributed by atoms with E-state index >= 15 is 0 Å². The molecule has 129 heavy (non-hydrogen) atoms. The van der Waals surface area contributed by atoms with Crippen LogP contribution in [0.1, 0.15) is 102 Å². The predicted molar refractivity (Wildman–Crippen MR) is 522 cm³/mol. The number of rotatable bonds is 40. The number of carbonyl (C=O) groups is 6. The van der Waals surface area contributed by atoms with Crippen LogP contribution in [0.5, 0.6) is 23.0 Å². The predicted octanol–water partition coefficient (Wildman–Crippen LogP) is 20.6. The van der Waals surface area contributed by atoms with E-state index in [9.17, 15) is 47.8 Å². The Morgan fingerprint density at radius 2 is 0.822 bits per heavy atom. The van der Waals surface area contributed by atoms with Crippen LogP contribution in [0, 0.1) is 11.6 Å². The molecule has 0 saturated carbocycles. The molecule has 1 aromatic heterocycles. The first-order valence-corrected chi connectivity index (χ1v) is 48.1. The highest BCUT2D eigenvalue weighted by Gasteiger charge is 2.21. The van der Waals surface area contributed by atoms with Crippen molar-refractivity contribution in [1.82, 2.24) is 39.8 Å². The number of nitrogens with zero attached hydrogens (tertiary/aromatic N) is 8. The number of likely N-dealkylation sites (N-methyl/N-ethyl adjacent to an activating group) is 1. The van der Waals surface area contributed by atoms with Crippen molar-refractivity contribution < 1.29 is 62.0 Å². The van der Waals surface area contributed by atoms with Crippen LogP contribution in [0.25, 0.3) is 11.0 Å². The van der Waals surface area contributed by atoms with Gasteiger partial charge >= 0.3 is 5.97 Å². The van der Waals surface area contributed by atoms with Gasteiger partial charge in [-0.3, -0.25) is 29.0 Å². The standard InChI is InChI=1S/C23H31N3O2S.C21H23N3O2S.C21H25NO4S.C18H19ClFNOS.C18H20FNO2S/c1-24-13-15-26(16-14-24)22-7-4-3-6-19(22)18-25(2)23(28)8-5-17-29-21-11-9-20(27)10-12-21;1-24(15-16-8-3-6-11-19(16)26-2)21(25)12-7-13-27-20-14-22-17-9-4-5-10-18(17)23-20;1-25-19-7-4-3-6-16(19)13-14-22-20(23)8-5-15-27-18-11-9-17(10-12-18)21(24)26-2;1-21(13-14-5-2-3-6-17(14)19)18(22)7-4-12-23-16-10-8-15(20)9-11-16;1-20(13-14-5-2-3-6-17(14)21)18(22)7-4-12-23-16-10-8-15(19)9-11-16/h3-4,6-7,9-12,27H,5,8,13-18H2,1-2H3;3-6,8-11,14H,7,12-13,15H2,1-2H3;3-4,6-7,9-12H,5,8,13-15H2,1-2H3,(H,22,23);2-3,5-6,8-11H,4,7,12-13H2,1H3;2-3,5-6,8-11,21H,4,7,12-13H2,1H3. The van der Waals surface area contributed by atoms with Crippen LogP contribution in [0.3, 0.4) is 0 Å². The third kappa shape index (κ3) is 38.4. The number of phenolic OH excluding ortho intramolecular Hbond substituents is 2. The summed E-state index contributed by atoms with van der Waals surface area (Å²) in [6.45, 7) is 6.91. The van der Waals surface area contributed by atoms with Gasteiger partial charge in [0.25, 0.3) is 0 Å². The second-order valence-electron chi connectivity index (χ2n) is 30.2. The lowest BCUT2D eigenvalue weighted by atomic mass is 10.1. The summed E-state index contributed by atoms with van der Waals surface area (Å²) in [5, 5.41) is 23.6. The number of thioether (sulfide) groups is 5. The van der Waals surface area contributed by atoms with Crippen LogP contribution < -0.4 is 19.7 Å². The maximum atomic E-state index is 12.8. The van der Waals surface area contributed by atoms with Crippen molar-refractivity contribution >= 4 is 123 Å². The lowest BCUT2D eigenvalue weighted by molar-refractivity contribution is -0.131. The number of para-hydroxylation sites is 6. The molecule has 0 unspecified atom stereocenters. The highest BCUT2D eigenvalue weighted by atomic mass is 35.5. The molecule has 1 fully saturated rings. The van der Waals surface area contributed by atoms with Gasteiger partial charge in [0, 0.05) is 166 Å². The molecule has 1 aliphatic heterocycles. The second-order valence-corrected chi connectivity index (χ2v) is 36.4. The zero-order chi connectivity index (χ0) is 92.5. The van der Waals surface area contributed by atoms with E-state index in [4.69, 9.17) is 21.1 Å². The first-order chi connectivity index (χ1) is 62.4. The molecule has 1 aliphatic rings. The number of aromatic nitrogens is 2. The Hall–Kier alpha value is -10.8. The van der Waals surface area contributed by atoms with Crippen LogP contribution in [0.2, 0.25) is 5.02 Å². The summed E-state index contributed by atoms with van der Waals surface area (Å²) in [6.07, 6.45) is 9.04. The van der Waals surface area contributed by atoms with E-state index < -0.39 is 0 Å². The smallest absolute Gasteiger partial charge is 0.337 e. The molecule has 3 N–H and O–H groups in total. The SMILES string of the molecule is CN(Cc1ccccc1Cl)C(=O)CCCSc1ccc(F)cc1.CN(Cc1ccccc1O)C(=O)CCCSc1ccc(F)cc1.CN1CCN(c2ccccc2CN(C)C(=O)CCCSc2ccc(O)cc2)CC1.COC(=O)c1ccc(SCCCC(=O)NCCc2ccccc2OC)cc1.COc1ccccc1CN(C)C(=O)CCCSc1cnc2ccccc2n1. The molecule has 20 nitrogen and oxygen atoms in total. The molecule has 1 saturated heterocycles. The van der Waals surface area contributed by atoms with Gasteiger partial charge in [0.1, 0.15) is 39.7 Å². The Balaban J connectivity index is 0.000000200. The Labute approximate surface area is 785 Å². The third-order valence-electron chi connectivity index (χ3n) is 20.4. The molecule has 0 radical (unpaired) electrons. The van der Waals surface area contributed by atoms with Gasteiger partial charge in [-0.25, -0.2) is 18.6 Å². The molecule has 5 amide bonds. The zero-order valence-electron chi connectivity index (χ0n) is 74.7. The van der Waals surface area contributed by atoms with E-state index in [1.54, 1.807) is 169 Å². The van der Waals surface area contributed by atoms with Crippen LogP contribution in [0.4, 0.5) is 14.5 Å². The fourth-order valence-electron chi connectivity index (χ4n) is 13.1. The summed E-state index contributed by atoms with van der Waals surface area (Å²) in [5.74, 6) is 6.07. The number of fused-ring (bicyclic) bond motifs is 1. The Morgan fingerprint density at radius 1 is 0.434 bits per heavy atom. The molecule has 28 heteroatoms. The number of phenols is 2. The molecule has 0 bridgehead atoms.